The van der Waals surface area contributed by atoms with Gasteiger partial charge in [0.2, 0.25) is 0 Å². The Morgan fingerprint density at radius 1 is 1.50 bits per heavy atom. The third-order valence-electron chi connectivity index (χ3n) is 2.43. The van der Waals surface area contributed by atoms with Gasteiger partial charge in [0, 0.05) is 5.03 Å². The second-order valence-electron chi connectivity index (χ2n) is 3.41. The first kappa shape index (κ1) is 8.61. The van der Waals surface area contributed by atoms with E-state index in [1.54, 1.807) is 18.2 Å². The SMILES string of the molecule is [O]C1C=CC(Cl)=CC1(Cl)C1CC1. The molecule has 2 rings (SSSR count). The number of hydrogen-bond donors (Lipinski definition) is 0. The van der Waals surface area contributed by atoms with E-state index in [4.69, 9.17) is 23.2 Å². The molecule has 65 valence electrons. The van der Waals surface area contributed by atoms with E-state index in [-0.39, 0.29) is 0 Å². The first-order chi connectivity index (χ1) is 5.63. The van der Waals surface area contributed by atoms with Crippen molar-refractivity contribution in [2.45, 2.75) is 23.8 Å². The van der Waals surface area contributed by atoms with Crippen molar-refractivity contribution in [3.63, 3.8) is 0 Å². The molecule has 1 nitrogen and oxygen atoms in total. The van der Waals surface area contributed by atoms with E-state index in [0.29, 0.717) is 11.0 Å². The average molecular weight is 204 g/mol. The van der Waals surface area contributed by atoms with E-state index in [0.717, 1.165) is 12.8 Å². The molecule has 0 spiro atoms. The molecular formula is C9H9Cl2O. The summed E-state index contributed by atoms with van der Waals surface area (Å²) in [5.41, 5.74) is 0. The quantitative estimate of drug-likeness (QED) is 0.585. The van der Waals surface area contributed by atoms with Gasteiger partial charge in [0.05, 0.1) is 4.87 Å². The van der Waals surface area contributed by atoms with Crippen molar-refractivity contribution in [1.29, 1.82) is 0 Å². The standard InChI is InChI=1S/C9H9Cl2O/c10-7-3-4-8(12)9(11,5-7)6-1-2-6/h3-6,8H,1-2H2. The predicted molar refractivity (Wildman–Crippen MR) is 48.9 cm³/mol. The number of rotatable bonds is 1. The Morgan fingerprint density at radius 2 is 2.17 bits per heavy atom. The lowest BCUT2D eigenvalue weighted by Crippen LogP contribution is -2.36. The van der Waals surface area contributed by atoms with Gasteiger partial charge in [-0.3, -0.25) is 0 Å². The summed E-state index contributed by atoms with van der Waals surface area (Å²) in [4.78, 5) is -0.744. The largest absolute Gasteiger partial charge is 0.226 e. The summed E-state index contributed by atoms with van der Waals surface area (Å²) in [6.45, 7) is 0. The first-order valence-corrected chi connectivity index (χ1v) is 4.80. The van der Waals surface area contributed by atoms with Crippen LogP contribution in [-0.2, 0) is 5.11 Å². The minimum Gasteiger partial charge on any atom is -0.226 e. The van der Waals surface area contributed by atoms with E-state index in [2.05, 4.69) is 0 Å². The minimum atomic E-state index is -0.839. The van der Waals surface area contributed by atoms with Crippen LogP contribution in [0.1, 0.15) is 12.8 Å². The molecule has 2 unspecified atom stereocenters. The van der Waals surface area contributed by atoms with Crippen molar-refractivity contribution in [2.75, 3.05) is 0 Å². The molecule has 0 aliphatic heterocycles. The third kappa shape index (κ3) is 1.30. The topological polar surface area (TPSA) is 19.9 Å². The van der Waals surface area contributed by atoms with Crippen LogP contribution < -0.4 is 0 Å². The summed E-state index contributed by atoms with van der Waals surface area (Å²) < 4.78 is 0. The van der Waals surface area contributed by atoms with Gasteiger partial charge in [-0.15, -0.1) is 11.6 Å². The van der Waals surface area contributed by atoms with Gasteiger partial charge >= 0.3 is 0 Å². The molecule has 0 aromatic carbocycles. The highest BCUT2D eigenvalue weighted by Gasteiger charge is 2.48. The Bertz CT molecular complexity index is 255. The van der Waals surface area contributed by atoms with E-state index >= 15 is 0 Å². The van der Waals surface area contributed by atoms with Gasteiger partial charge in [-0.1, -0.05) is 11.6 Å². The second kappa shape index (κ2) is 2.76. The highest BCUT2D eigenvalue weighted by atomic mass is 35.5. The van der Waals surface area contributed by atoms with E-state index in [1.165, 1.54) is 0 Å². The third-order valence-corrected chi connectivity index (χ3v) is 3.30. The molecule has 3 heteroatoms. The zero-order valence-corrected chi connectivity index (χ0v) is 7.98. The summed E-state index contributed by atoms with van der Waals surface area (Å²) in [7, 11) is 0. The molecule has 2 aliphatic carbocycles. The van der Waals surface area contributed by atoms with Crippen LogP contribution in [-0.4, -0.2) is 11.0 Å². The lowest BCUT2D eigenvalue weighted by molar-refractivity contribution is 0.0959. The summed E-state index contributed by atoms with van der Waals surface area (Å²) in [5, 5.41) is 12.1. The lowest BCUT2D eigenvalue weighted by Gasteiger charge is -2.28. The number of halogens is 2. The van der Waals surface area contributed by atoms with Crippen molar-refractivity contribution < 1.29 is 5.11 Å². The predicted octanol–water partition coefficient (Wildman–Crippen LogP) is 2.87. The second-order valence-corrected chi connectivity index (χ2v) is 4.50. The summed E-state index contributed by atoms with van der Waals surface area (Å²) in [6, 6.07) is 0. The number of alkyl halides is 1. The summed E-state index contributed by atoms with van der Waals surface area (Å²) >= 11 is 12.0. The zero-order chi connectivity index (χ0) is 8.77. The molecule has 0 amide bonds. The summed E-state index contributed by atoms with van der Waals surface area (Å²) in [6.07, 6.45) is 6.14. The Balaban J connectivity index is 2.28. The molecule has 2 aliphatic rings. The van der Waals surface area contributed by atoms with Crippen LogP contribution >= 0.6 is 23.2 Å². The molecule has 0 saturated heterocycles. The van der Waals surface area contributed by atoms with Crippen LogP contribution in [0.25, 0.3) is 0 Å². The molecule has 0 bridgehead atoms. The van der Waals surface area contributed by atoms with Crippen LogP contribution in [0.3, 0.4) is 0 Å². The van der Waals surface area contributed by atoms with Gasteiger partial charge in [0.1, 0.15) is 6.10 Å². The first-order valence-electron chi connectivity index (χ1n) is 4.04. The normalized spacial score (nSPS) is 41.2. The van der Waals surface area contributed by atoms with Gasteiger partial charge in [0.15, 0.2) is 0 Å². The monoisotopic (exact) mass is 203 g/mol. The fourth-order valence-electron chi connectivity index (χ4n) is 1.54. The fraction of sp³-hybridized carbons (Fsp3) is 0.556. The molecule has 0 heterocycles. The highest BCUT2D eigenvalue weighted by Crippen LogP contribution is 2.49. The van der Waals surface area contributed by atoms with E-state index < -0.39 is 11.0 Å². The van der Waals surface area contributed by atoms with Crippen LogP contribution in [0.4, 0.5) is 0 Å². The Hall–Kier alpha value is 0.0200. The van der Waals surface area contributed by atoms with Crippen LogP contribution in [0, 0.1) is 5.92 Å². The van der Waals surface area contributed by atoms with E-state index in [1.807, 2.05) is 0 Å². The van der Waals surface area contributed by atoms with Gasteiger partial charge in [-0.05, 0) is 37.0 Å². The van der Waals surface area contributed by atoms with Gasteiger partial charge < -0.3 is 0 Å². The van der Waals surface area contributed by atoms with E-state index in [9.17, 15) is 5.11 Å². The molecule has 1 fully saturated rings. The van der Waals surface area contributed by atoms with Crippen molar-refractivity contribution in [2.24, 2.45) is 5.92 Å². The maximum atomic E-state index is 11.5. The van der Waals surface area contributed by atoms with Crippen LogP contribution in [0.2, 0.25) is 0 Å². The smallest absolute Gasteiger partial charge is 0.134 e. The maximum absolute atomic E-state index is 11.5. The Kier molecular flexibility index (Phi) is 1.98. The summed E-state index contributed by atoms with van der Waals surface area (Å²) in [5.74, 6) is 0.334. The van der Waals surface area contributed by atoms with Crippen molar-refractivity contribution in [3.8, 4) is 0 Å². The van der Waals surface area contributed by atoms with Crippen LogP contribution in [0.5, 0.6) is 0 Å². The van der Waals surface area contributed by atoms with Crippen LogP contribution in [0.15, 0.2) is 23.3 Å². The van der Waals surface area contributed by atoms with Crippen molar-refractivity contribution in [3.05, 3.63) is 23.3 Å². The molecule has 0 N–H and O–H groups in total. The highest BCUT2D eigenvalue weighted by molar-refractivity contribution is 6.33. The maximum Gasteiger partial charge on any atom is 0.134 e. The number of allylic oxidation sites excluding steroid dienone is 2. The Morgan fingerprint density at radius 3 is 2.75 bits per heavy atom. The van der Waals surface area contributed by atoms with Gasteiger partial charge in [-0.2, -0.15) is 0 Å². The molecule has 0 aromatic rings. The van der Waals surface area contributed by atoms with Gasteiger partial charge in [0.25, 0.3) is 0 Å². The fourth-order valence-corrected chi connectivity index (χ4v) is 2.26. The molecule has 0 aromatic heterocycles. The van der Waals surface area contributed by atoms with Crippen molar-refractivity contribution >= 4 is 23.2 Å². The average Bonchev–Trinajstić information content (AvgIpc) is 2.79. The molecule has 1 radical (unpaired) electrons. The number of hydrogen-bond acceptors (Lipinski definition) is 0. The Labute approximate surface area is 81.7 Å². The lowest BCUT2D eigenvalue weighted by atomic mass is 9.92. The molecule has 12 heavy (non-hydrogen) atoms. The van der Waals surface area contributed by atoms with Gasteiger partial charge in [-0.25, -0.2) is 5.11 Å². The minimum absolute atomic E-state index is 0.334. The molecule has 2 atom stereocenters. The zero-order valence-electron chi connectivity index (χ0n) is 6.47. The molecular weight excluding hydrogens is 195 g/mol. The molecule has 1 saturated carbocycles. The van der Waals surface area contributed by atoms with Crippen molar-refractivity contribution in [1.82, 2.24) is 0 Å².